The van der Waals surface area contributed by atoms with E-state index in [2.05, 4.69) is 4.99 Å². The van der Waals surface area contributed by atoms with Gasteiger partial charge in [-0.15, -0.1) is 0 Å². The number of anilines is 1. The highest BCUT2D eigenvalue weighted by Crippen LogP contribution is 2.27. The first-order valence-electron chi connectivity index (χ1n) is 7.23. The fraction of sp³-hybridized carbons (Fsp3) is 0.176. The Kier molecular flexibility index (Phi) is 3.89. The molecule has 116 valence electrons. The SMILES string of the molecule is Cc1ccccc1C(=O)N1CCN=Cc2cc([N+](=O)[O-])ccc21. The van der Waals surface area contributed by atoms with Crippen LogP contribution >= 0.6 is 0 Å². The number of aryl methyl sites for hydroxylation is 1. The van der Waals surface area contributed by atoms with Crippen LogP contribution in [-0.2, 0) is 0 Å². The average molecular weight is 309 g/mol. The third-order valence-corrected chi connectivity index (χ3v) is 3.82. The van der Waals surface area contributed by atoms with Crippen LogP contribution < -0.4 is 4.90 Å². The van der Waals surface area contributed by atoms with Crippen molar-refractivity contribution in [2.24, 2.45) is 4.99 Å². The quantitative estimate of drug-likeness (QED) is 0.632. The highest BCUT2D eigenvalue weighted by atomic mass is 16.6. The fourth-order valence-corrected chi connectivity index (χ4v) is 2.61. The smallest absolute Gasteiger partial charge is 0.270 e. The van der Waals surface area contributed by atoms with Crippen LogP contribution in [0.4, 0.5) is 11.4 Å². The number of carbonyl (C=O) groups excluding carboxylic acids is 1. The highest BCUT2D eigenvalue weighted by molar-refractivity contribution is 6.09. The van der Waals surface area contributed by atoms with Crippen molar-refractivity contribution >= 4 is 23.5 Å². The number of aliphatic imine (C=N–C) groups is 1. The second kappa shape index (κ2) is 6.00. The molecule has 2 aromatic carbocycles. The number of hydrogen-bond donors (Lipinski definition) is 0. The minimum absolute atomic E-state index is 0.0135. The van der Waals surface area contributed by atoms with E-state index in [-0.39, 0.29) is 11.6 Å². The maximum atomic E-state index is 12.9. The van der Waals surface area contributed by atoms with E-state index >= 15 is 0 Å². The number of rotatable bonds is 2. The Morgan fingerprint density at radius 1 is 1.26 bits per heavy atom. The molecule has 2 aromatic rings. The molecule has 0 saturated carbocycles. The van der Waals surface area contributed by atoms with Crippen molar-refractivity contribution in [1.29, 1.82) is 0 Å². The maximum absolute atomic E-state index is 12.9. The molecule has 0 radical (unpaired) electrons. The molecule has 6 nitrogen and oxygen atoms in total. The summed E-state index contributed by atoms with van der Waals surface area (Å²) in [6.45, 7) is 2.78. The van der Waals surface area contributed by atoms with Gasteiger partial charge in [0.25, 0.3) is 11.6 Å². The Balaban J connectivity index is 2.05. The summed E-state index contributed by atoms with van der Waals surface area (Å²) in [5.41, 5.74) is 2.73. The van der Waals surface area contributed by atoms with Gasteiger partial charge >= 0.3 is 0 Å². The number of non-ortho nitro benzene ring substituents is 1. The summed E-state index contributed by atoms with van der Waals surface area (Å²) in [6.07, 6.45) is 1.59. The molecular formula is C17H15N3O3. The van der Waals surface area contributed by atoms with E-state index in [1.165, 1.54) is 12.1 Å². The van der Waals surface area contributed by atoms with Crippen molar-refractivity contribution in [3.05, 3.63) is 69.3 Å². The summed E-state index contributed by atoms with van der Waals surface area (Å²) in [5, 5.41) is 10.9. The van der Waals surface area contributed by atoms with Gasteiger partial charge in [0, 0.05) is 36.0 Å². The third kappa shape index (κ3) is 2.83. The van der Waals surface area contributed by atoms with Crippen molar-refractivity contribution in [3.8, 4) is 0 Å². The van der Waals surface area contributed by atoms with Crippen LogP contribution in [0.2, 0.25) is 0 Å². The number of benzene rings is 2. The van der Waals surface area contributed by atoms with E-state index < -0.39 is 4.92 Å². The molecule has 1 aliphatic rings. The predicted molar refractivity (Wildman–Crippen MR) is 88.4 cm³/mol. The standard InChI is InChI=1S/C17H15N3O3/c1-12-4-2-3-5-15(12)17(21)19-9-8-18-11-13-10-14(20(22)23)6-7-16(13)19/h2-7,10-11H,8-9H2,1H3. The molecule has 0 spiro atoms. The van der Waals surface area contributed by atoms with E-state index in [0.717, 1.165) is 5.56 Å². The summed E-state index contributed by atoms with van der Waals surface area (Å²) in [7, 11) is 0. The molecule has 0 unspecified atom stereocenters. The monoisotopic (exact) mass is 309 g/mol. The summed E-state index contributed by atoms with van der Waals surface area (Å²) in [5.74, 6) is -0.122. The van der Waals surface area contributed by atoms with E-state index in [0.29, 0.717) is 29.9 Å². The summed E-state index contributed by atoms with van der Waals surface area (Å²) < 4.78 is 0. The number of fused-ring (bicyclic) bond motifs is 1. The predicted octanol–water partition coefficient (Wildman–Crippen LogP) is 2.98. The largest absolute Gasteiger partial charge is 0.306 e. The molecule has 0 fully saturated rings. The Hall–Kier alpha value is -3.02. The van der Waals surface area contributed by atoms with Crippen LogP contribution in [0.15, 0.2) is 47.5 Å². The normalized spacial score (nSPS) is 13.3. The van der Waals surface area contributed by atoms with Crippen LogP contribution in [0.3, 0.4) is 0 Å². The third-order valence-electron chi connectivity index (χ3n) is 3.82. The molecule has 6 heteroatoms. The summed E-state index contributed by atoms with van der Waals surface area (Å²) in [4.78, 5) is 29.2. The van der Waals surface area contributed by atoms with Gasteiger partial charge in [0.05, 0.1) is 17.2 Å². The Morgan fingerprint density at radius 3 is 2.78 bits per heavy atom. The van der Waals surface area contributed by atoms with Crippen molar-refractivity contribution in [1.82, 2.24) is 0 Å². The van der Waals surface area contributed by atoms with E-state index in [1.54, 1.807) is 23.2 Å². The van der Waals surface area contributed by atoms with E-state index in [1.807, 2.05) is 25.1 Å². The van der Waals surface area contributed by atoms with Crippen LogP contribution in [-0.4, -0.2) is 30.1 Å². The van der Waals surface area contributed by atoms with Crippen LogP contribution in [0, 0.1) is 17.0 Å². The second-order valence-corrected chi connectivity index (χ2v) is 5.31. The molecule has 1 amide bonds. The molecule has 0 N–H and O–H groups in total. The molecule has 1 aliphatic heterocycles. The number of nitrogens with zero attached hydrogens (tertiary/aromatic N) is 3. The number of nitro benzene ring substituents is 1. The minimum atomic E-state index is -0.452. The van der Waals surface area contributed by atoms with Crippen molar-refractivity contribution in [3.63, 3.8) is 0 Å². The molecular weight excluding hydrogens is 294 g/mol. The lowest BCUT2D eigenvalue weighted by Gasteiger charge is -2.23. The number of carbonyl (C=O) groups is 1. The molecule has 0 aliphatic carbocycles. The topological polar surface area (TPSA) is 75.8 Å². The molecule has 0 saturated heterocycles. The van der Waals surface area contributed by atoms with Crippen LogP contribution in [0.25, 0.3) is 0 Å². The highest BCUT2D eigenvalue weighted by Gasteiger charge is 2.23. The summed E-state index contributed by atoms with van der Waals surface area (Å²) >= 11 is 0. The Morgan fingerprint density at radius 2 is 2.04 bits per heavy atom. The van der Waals surface area contributed by atoms with Gasteiger partial charge in [-0.05, 0) is 24.6 Å². The van der Waals surface area contributed by atoms with Gasteiger partial charge in [-0.3, -0.25) is 19.9 Å². The zero-order chi connectivity index (χ0) is 16.4. The average Bonchev–Trinajstić information content (AvgIpc) is 2.76. The lowest BCUT2D eigenvalue weighted by molar-refractivity contribution is -0.384. The van der Waals surface area contributed by atoms with Gasteiger partial charge < -0.3 is 4.90 Å². The van der Waals surface area contributed by atoms with Gasteiger partial charge in [0.15, 0.2) is 0 Å². The minimum Gasteiger partial charge on any atom is -0.306 e. The number of nitro groups is 1. The number of hydrogen-bond acceptors (Lipinski definition) is 4. The van der Waals surface area contributed by atoms with Gasteiger partial charge in [-0.2, -0.15) is 0 Å². The lowest BCUT2D eigenvalue weighted by atomic mass is 10.1. The first kappa shape index (κ1) is 14.9. The zero-order valence-corrected chi connectivity index (χ0v) is 12.6. The van der Waals surface area contributed by atoms with Gasteiger partial charge in [0.2, 0.25) is 0 Å². The second-order valence-electron chi connectivity index (χ2n) is 5.31. The number of amides is 1. The van der Waals surface area contributed by atoms with Crippen LogP contribution in [0.1, 0.15) is 21.5 Å². The summed E-state index contributed by atoms with van der Waals surface area (Å²) in [6, 6.07) is 11.9. The zero-order valence-electron chi connectivity index (χ0n) is 12.6. The molecule has 23 heavy (non-hydrogen) atoms. The lowest BCUT2D eigenvalue weighted by Crippen LogP contribution is -2.33. The van der Waals surface area contributed by atoms with E-state index in [4.69, 9.17) is 0 Å². The van der Waals surface area contributed by atoms with Gasteiger partial charge in [-0.1, -0.05) is 18.2 Å². The molecule has 0 bridgehead atoms. The van der Waals surface area contributed by atoms with Crippen molar-refractivity contribution in [2.75, 3.05) is 18.0 Å². The fourth-order valence-electron chi connectivity index (χ4n) is 2.61. The van der Waals surface area contributed by atoms with Crippen molar-refractivity contribution in [2.45, 2.75) is 6.92 Å². The maximum Gasteiger partial charge on any atom is 0.270 e. The van der Waals surface area contributed by atoms with Crippen LogP contribution in [0.5, 0.6) is 0 Å². The first-order chi connectivity index (χ1) is 11.1. The molecule has 0 aromatic heterocycles. The number of benzodiazepines with no additional fused rings is 1. The molecule has 1 heterocycles. The molecule has 3 rings (SSSR count). The Bertz CT molecular complexity index is 814. The van der Waals surface area contributed by atoms with Gasteiger partial charge in [-0.25, -0.2) is 0 Å². The van der Waals surface area contributed by atoms with Crippen molar-refractivity contribution < 1.29 is 9.72 Å². The van der Waals surface area contributed by atoms with Gasteiger partial charge in [0.1, 0.15) is 0 Å². The first-order valence-corrected chi connectivity index (χ1v) is 7.23. The Labute approximate surface area is 133 Å². The molecule has 0 atom stereocenters. The van der Waals surface area contributed by atoms with E-state index in [9.17, 15) is 14.9 Å².